The fourth-order valence-electron chi connectivity index (χ4n) is 19.2. The summed E-state index contributed by atoms with van der Waals surface area (Å²) >= 11 is 0. The van der Waals surface area contributed by atoms with Crippen LogP contribution in [-0.2, 0) is 95.1 Å². The van der Waals surface area contributed by atoms with Crippen LogP contribution in [0.1, 0.15) is 169 Å². The summed E-state index contributed by atoms with van der Waals surface area (Å²) < 4.78 is 39.3. The van der Waals surface area contributed by atoms with Crippen LogP contribution in [0, 0.1) is 76.2 Å². The molecule has 42 heteroatoms. The molecule has 2 atom stereocenters. The maximum Gasteiger partial charge on any atom is 0.332 e. The second kappa shape index (κ2) is 39.1. The number of aromatic nitrogens is 30. The minimum absolute atomic E-state index is 0.179. The first-order valence-corrected chi connectivity index (χ1v) is 48.0. The van der Waals surface area contributed by atoms with Gasteiger partial charge in [-0.3, -0.25) is 119 Å². The molecule has 0 spiro atoms. The minimum Gasteiger partial charge on any atom is -0.314 e. The highest BCUT2D eigenvalue weighted by Crippen LogP contribution is 2.31. The summed E-state index contributed by atoms with van der Waals surface area (Å²) in [6.07, 6.45) is 17.0. The molecule has 143 heavy (non-hydrogen) atoms. The highest BCUT2D eigenvalue weighted by Gasteiger charge is 2.31. The van der Waals surface area contributed by atoms with E-state index in [0.29, 0.717) is 109 Å². The Morgan fingerprint density at radius 3 is 1.03 bits per heavy atom. The topological polar surface area (TPSA) is 397 Å². The largest absolute Gasteiger partial charge is 0.332 e. The number of aryl methyl sites for hydroxylation is 16. The van der Waals surface area contributed by atoms with Gasteiger partial charge in [-0.15, -0.1) is 13.2 Å². The predicted octanol–water partition coefficient (Wildman–Crippen LogP) is 9.94. The van der Waals surface area contributed by atoms with Crippen LogP contribution in [0.4, 0.5) is 0 Å². The molecule has 0 amide bonds. The van der Waals surface area contributed by atoms with Crippen LogP contribution in [0.15, 0.2) is 162 Å². The van der Waals surface area contributed by atoms with Gasteiger partial charge in [-0.2, -0.15) is 29.9 Å². The third-order valence-electron chi connectivity index (χ3n) is 27.5. The summed E-state index contributed by atoms with van der Waals surface area (Å²) in [4.78, 5) is 179. The maximum atomic E-state index is 13.0. The van der Waals surface area contributed by atoms with E-state index in [-0.39, 0.29) is 99.2 Å². The lowest BCUT2D eigenvalue weighted by Gasteiger charge is -2.13. The molecule has 18 aromatic heterocycles. The standard InChI is InChI=1S/C19H21N5O2.C18H19N5O2.2C17H23N5O2.C15H21N5O2.C15H19N5O2/c1-6-22-17(25)15-16(21(5)19(22)26)20-18-23(12(3)13(4)24(15)18)14-9-7-8-11(2)10-14;1-10-7-6-8-13(9-10)22-11(2)12(3)23-14-15(19-17(22)23)20(4)18(25)21(5)16(14)24;1-7-9-20-15(23)13-14(19(6)17(20)24)18-16-21(10(3)8-2)11(4)12(5)22(13)16;1-6-8-9-20-15(23)13-14(19(5)17(20)24)18-16-21(13)10-12(4)22(16)11(3)7-2;2*1-5-7-18-10(3)9-20-11-12(16-14(18)20)17(4)15(22)19(8-6-2)13(11)21/h7-10H,6H2,1-5H3;6-9H,1-5H3;7,10H,1,8-9H2,2-6H3;6,8,10-11H,7,9H2,1-5H3;9H,5-8H2,1-4H3;6,9H,2,5,7-8H2,1,3-4H3/b;;;8-6+;;. The van der Waals surface area contributed by atoms with E-state index in [1.807, 2.05) is 182 Å². The molecule has 0 N–H and O–H groups in total. The zero-order valence-electron chi connectivity index (χ0n) is 86.5. The Morgan fingerprint density at radius 1 is 0.322 bits per heavy atom. The molecule has 0 saturated heterocycles. The molecule has 0 fully saturated rings. The lowest BCUT2D eigenvalue weighted by Crippen LogP contribution is -2.39. The smallest absolute Gasteiger partial charge is 0.314 e. The molecule has 20 aromatic rings. The van der Waals surface area contributed by atoms with Crippen molar-refractivity contribution in [2.75, 3.05) is 0 Å². The fraction of sp³-hybridized carbons (Fsp3) is 0.406. The van der Waals surface area contributed by atoms with Crippen molar-refractivity contribution in [1.29, 1.82) is 0 Å². The van der Waals surface area contributed by atoms with Crippen LogP contribution in [0.5, 0.6) is 0 Å². The lowest BCUT2D eigenvalue weighted by atomic mass is 10.2. The van der Waals surface area contributed by atoms with Gasteiger partial charge >= 0.3 is 34.1 Å². The van der Waals surface area contributed by atoms with Crippen LogP contribution in [0.2, 0.25) is 0 Å². The second-order valence-electron chi connectivity index (χ2n) is 36.7. The van der Waals surface area contributed by atoms with Crippen molar-refractivity contribution in [3.05, 3.63) is 292 Å². The summed E-state index contributed by atoms with van der Waals surface area (Å²) in [5.41, 5.74) is 14.5. The first-order valence-electron chi connectivity index (χ1n) is 48.0. The van der Waals surface area contributed by atoms with Crippen LogP contribution in [-0.4, -0.2) is 139 Å². The van der Waals surface area contributed by atoms with Gasteiger partial charge in [0.05, 0.1) is 0 Å². The fourth-order valence-corrected chi connectivity index (χ4v) is 19.2. The van der Waals surface area contributed by atoms with Gasteiger partial charge in [0, 0.05) is 188 Å². The third-order valence-corrected chi connectivity index (χ3v) is 27.5. The SMILES string of the molecule is C/C=C/Cn1c(=O)c2c(nc3n(C(C)CC)c(C)cn23)n(C)c1=O.C=CCn1c(=O)c2c(nc3n(C(C)CC)c(C)c(C)n23)n(C)c1=O.C=CCn1c(=O)c2c(nc3n(CCC)c(C)cn23)n(C)c1=O.CCCn1c(=O)c2c(nc3n(CCC)c(C)cn23)n(C)c1=O.CCn1c(=O)c2c(nc3n(-c4cccc(C)c4)c(C)c(C)n23)n(C)c1=O.Cc1cccc(-n2c(C)c(C)n3c4c(=O)n(C)c(=O)n(C)c4nc23)c1. The third kappa shape index (κ3) is 16.2. The second-order valence-corrected chi connectivity index (χ2v) is 36.7. The summed E-state index contributed by atoms with van der Waals surface area (Å²) in [5.74, 6) is 4.09. The van der Waals surface area contributed by atoms with Crippen molar-refractivity contribution in [3.63, 3.8) is 0 Å². The number of imidazole rings is 12. The van der Waals surface area contributed by atoms with Crippen LogP contribution in [0.3, 0.4) is 0 Å². The Kier molecular flexibility index (Phi) is 27.7. The first kappa shape index (κ1) is 101. The molecule has 0 aliphatic heterocycles. The zero-order chi connectivity index (χ0) is 104. The van der Waals surface area contributed by atoms with Crippen molar-refractivity contribution >= 4 is 102 Å². The normalized spacial score (nSPS) is 12.2. The van der Waals surface area contributed by atoms with Crippen molar-refractivity contribution < 1.29 is 0 Å². The predicted molar refractivity (Wildman–Crippen MR) is 559 cm³/mol. The van der Waals surface area contributed by atoms with E-state index in [2.05, 4.69) is 115 Å². The highest BCUT2D eigenvalue weighted by molar-refractivity contribution is 5.82. The Hall–Kier alpha value is -16.2. The van der Waals surface area contributed by atoms with E-state index < -0.39 is 0 Å². The first-order chi connectivity index (χ1) is 68.0. The van der Waals surface area contributed by atoms with E-state index >= 15 is 0 Å². The molecule has 0 saturated carbocycles. The van der Waals surface area contributed by atoms with Gasteiger partial charge < -0.3 is 18.3 Å². The summed E-state index contributed by atoms with van der Waals surface area (Å²) in [6, 6.07) is 16.8. The summed E-state index contributed by atoms with van der Waals surface area (Å²) in [5, 5.41) is 0. The van der Waals surface area contributed by atoms with Crippen molar-refractivity contribution in [3.8, 4) is 11.4 Å². The molecule has 20 rings (SSSR count). The zero-order valence-corrected chi connectivity index (χ0v) is 86.5. The van der Waals surface area contributed by atoms with Gasteiger partial charge in [-0.25, -0.2) is 28.8 Å². The molecule has 18 heterocycles. The van der Waals surface area contributed by atoms with Crippen molar-refractivity contribution in [1.82, 2.24) is 139 Å². The Bertz CT molecular complexity index is 9470. The highest BCUT2D eigenvalue weighted by atomic mass is 16.2. The molecular weight excluding hydrogens is 1830 g/mol. The molecule has 0 radical (unpaired) electrons. The molecule has 2 aromatic carbocycles. The molecule has 0 aliphatic rings. The van der Waals surface area contributed by atoms with Crippen LogP contribution < -0.4 is 67.5 Å². The molecule has 0 aliphatic carbocycles. The average molecular weight is 1950 g/mol. The lowest BCUT2D eigenvalue weighted by molar-refractivity contribution is 0.532. The molecule has 2 unspecified atom stereocenters. The maximum absolute atomic E-state index is 13.0. The number of allylic oxidation sites excluding steroid dienone is 4. The summed E-state index contributed by atoms with van der Waals surface area (Å²) in [7, 11) is 11.4. The molecular formula is C101H126N30O12. The van der Waals surface area contributed by atoms with E-state index in [0.717, 1.165) is 129 Å². The number of nitrogens with zero attached hydrogens (tertiary/aromatic N) is 30. The van der Waals surface area contributed by atoms with Crippen molar-refractivity contribution in [2.45, 2.75) is 228 Å². The van der Waals surface area contributed by atoms with Crippen molar-refractivity contribution in [2.24, 2.45) is 49.3 Å². The van der Waals surface area contributed by atoms with E-state index in [1.165, 1.54) is 57.3 Å². The van der Waals surface area contributed by atoms with Crippen LogP contribution >= 0.6 is 0 Å². The Balaban J connectivity index is 0.000000129. The number of hydrogen-bond donors (Lipinski definition) is 0. The minimum atomic E-state index is -0.380. The van der Waals surface area contributed by atoms with E-state index in [4.69, 9.17) is 0 Å². The molecule has 752 valence electrons. The van der Waals surface area contributed by atoms with Gasteiger partial charge in [0.1, 0.15) is 0 Å². The number of rotatable bonds is 19. The van der Waals surface area contributed by atoms with Gasteiger partial charge in [0.25, 0.3) is 33.4 Å². The van der Waals surface area contributed by atoms with Gasteiger partial charge in [-0.05, 0) is 171 Å². The Morgan fingerprint density at radius 2 is 0.636 bits per heavy atom. The number of hydrogen-bond acceptors (Lipinski definition) is 18. The van der Waals surface area contributed by atoms with Gasteiger partial charge in [0.15, 0.2) is 67.0 Å². The Labute approximate surface area is 817 Å². The van der Waals surface area contributed by atoms with Crippen LogP contribution in [0.25, 0.3) is 113 Å². The summed E-state index contributed by atoms with van der Waals surface area (Å²) in [6.45, 7) is 50.6. The molecule has 42 nitrogen and oxygen atoms in total. The monoisotopic (exact) mass is 1950 g/mol. The van der Waals surface area contributed by atoms with E-state index in [1.54, 1.807) is 71.8 Å². The van der Waals surface area contributed by atoms with E-state index in [9.17, 15) is 57.5 Å². The molecule has 0 bridgehead atoms. The van der Waals surface area contributed by atoms with Gasteiger partial charge in [-0.1, -0.05) is 83.2 Å². The number of fused-ring (bicyclic) bond motifs is 18. The van der Waals surface area contributed by atoms with Gasteiger partial charge in [0.2, 0.25) is 34.7 Å². The quantitative estimate of drug-likeness (QED) is 0.0679. The number of benzene rings is 2. The average Bonchev–Trinajstić information content (AvgIpc) is 1.55.